The minimum absolute atomic E-state index is 0.0660. The van der Waals surface area contributed by atoms with Crippen molar-refractivity contribution in [2.24, 2.45) is 19.8 Å². The Labute approximate surface area is 117 Å². The molecule has 0 bridgehead atoms. The summed E-state index contributed by atoms with van der Waals surface area (Å²) in [4.78, 5) is 23.4. The van der Waals surface area contributed by atoms with Gasteiger partial charge in [-0.3, -0.25) is 9.36 Å². The van der Waals surface area contributed by atoms with Crippen molar-refractivity contribution in [3.05, 3.63) is 20.8 Å². The van der Waals surface area contributed by atoms with Gasteiger partial charge in [0.2, 0.25) is 0 Å². The molecule has 0 unspecified atom stereocenters. The van der Waals surface area contributed by atoms with Gasteiger partial charge in [-0.1, -0.05) is 25.7 Å². The summed E-state index contributed by atoms with van der Waals surface area (Å²) in [7, 11) is 2.89. The first kappa shape index (κ1) is 14.8. The molecule has 0 aromatic carbocycles. The summed E-state index contributed by atoms with van der Waals surface area (Å²) >= 11 is 0. The molecule has 0 amide bonds. The van der Waals surface area contributed by atoms with Gasteiger partial charge < -0.3 is 10.5 Å². The Morgan fingerprint density at radius 1 is 1.20 bits per heavy atom. The normalized spacial score (nSPS) is 18.6. The highest BCUT2D eigenvalue weighted by Crippen LogP contribution is 2.25. The molecule has 0 atom stereocenters. The molecular weight excluding hydrogens is 260 g/mol. The highest BCUT2D eigenvalue weighted by Gasteiger charge is 2.28. The molecule has 20 heavy (non-hydrogen) atoms. The Kier molecular flexibility index (Phi) is 4.27. The third kappa shape index (κ3) is 3.09. The number of nitrogens with zero attached hydrogens (tertiary/aromatic N) is 3. The smallest absolute Gasteiger partial charge is 0.347 e. The van der Waals surface area contributed by atoms with E-state index in [2.05, 4.69) is 5.10 Å². The summed E-state index contributed by atoms with van der Waals surface area (Å²) in [6.07, 6.45) is 6.33. The van der Waals surface area contributed by atoms with E-state index in [1.807, 2.05) is 0 Å². The number of ether oxygens (including phenoxy) is 1. The number of nitrogens with two attached hydrogens (primary N) is 1. The molecule has 1 aromatic rings. The first-order valence-electron chi connectivity index (χ1n) is 6.99. The van der Waals surface area contributed by atoms with Gasteiger partial charge in [-0.05, 0) is 12.8 Å². The molecule has 1 aliphatic carbocycles. The Morgan fingerprint density at radius 3 is 2.40 bits per heavy atom. The van der Waals surface area contributed by atoms with E-state index in [1.165, 1.54) is 26.9 Å². The fourth-order valence-electron chi connectivity index (χ4n) is 2.55. The number of rotatable bonds is 3. The second-order valence-electron chi connectivity index (χ2n) is 5.64. The van der Waals surface area contributed by atoms with E-state index in [9.17, 15) is 9.59 Å². The lowest BCUT2D eigenvalue weighted by Crippen LogP contribution is -2.46. The van der Waals surface area contributed by atoms with Gasteiger partial charge in [0, 0.05) is 14.1 Å². The molecular formula is C13H22N4O3. The molecule has 0 aliphatic heterocycles. The lowest BCUT2D eigenvalue weighted by molar-refractivity contribution is 0.186. The van der Waals surface area contributed by atoms with Crippen LogP contribution in [0.5, 0.6) is 5.88 Å². The molecule has 1 aromatic heterocycles. The average Bonchev–Trinajstić information content (AvgIpc) is 2.64. The molecule has 2 rings (SSSR count). The summed E-state index contributed by atoms with van der Waals surface area (Å²) in [5, 5.41) is 3.87. The monoisotopic (exact) mass is 282 g/mol. The topological polar surface area (TPSA) is 92.1 Å². The van der Waals surface area contributed by atoms with Crippen LogP contribution in [0.3, 0.4) is 0 Å². The number of hydrogen-bond donors (Lipinski definition) is 1. The van der Waals surface area contributed by atoms with Crippen molar-refractivity contribution >= 4 is 0 Å². The summed E-state index contributed by atoms with van der Waals surface area (Å²) in [5.41, 5.74) is 4.93. The van der Waals surface area contributed by atoms with Crippen molar-refractivity contribution < 1.29 is 4.74 Å². The zero-order valence-corrected chi connectivity index (χ0v) is 12.1. The van der Waals surface area contributed by atoms with Crippen LogP contribution in [0.1, 0.15) is 38.5 Å². The van der Waals surface area contributed by atoms with Crippen molar-refractivity contribution in [1.29, 1.82) is 0 Å². The van der Waals surface area contributed by atoms with Gasteiger partial charge in [-0.2, -0.15) is 0 Å². The zero-order valence-electron chi connectivity index (χ0n) is 12.1. The third-order valence-corrected chi connectivity index (χ3v) is 3.89. The van der Waals surface area contributed by atoms with E-state index in [0.29, 0.717) is 0 Å². The van der Waals surface area contributed by atoms with Crippen molar-refractivity contribution in [3.8, 4) is 5.88 Å². The van der Waals surface area contributed by atoms with E-state index in [0.717, 1.165) is 34.9 Å². The fraction of sp³-hybridized carbons (Fsp3) is 0.769. The zero-order chi connectivity index (χ0) is 14.8. The quantitative estimate of drug-likeness (QED) is 0.782. The standard InChI is InChI=1S/C13H22N4O3/c1-16-11(18)10(15-17(2)12(16)19)20-9-13(14)7-5-3-4-6-8-13/h3-9,14H2,1-2H3. The maximum absolute atomic E-state index is 11.9. The van der Waals surface area contributed by atoms with Crippen LogP contribution >= 0.6 is 0 Å². The van der Waals surface area contributed by atoms with Gasteiger partial charge in [0.15, 0.2) is 0 Å². The number of aryl methyl sites for hydroxylation is 1. The van der Waals surface area contributed by atoms with Gasteiger partial charge in [0.1, 0.15) is 6.61 Å². The average molecular weight is 282 g/mol. The third-order valence-electron chi connectivity index (χ3n) is 3.89. The van der Waals surface area contributed by atoms with E-state index >= 15 is 0 Å². The van der Waals surface area contributed by atoms with Gasteiger partial charge in [0.25, 0.3) is 5.88 Å². The molecule has 0 saturated heterocycles. The Balaban J connectivity index is 2.15. The second-order valence-corrected chi connectivity index (χ2v) is 5.64. The van der Waals surface area contributed by atoms with Crippen LogP contribution in [0.15, 0.2) is 9.59 Å². The molecule has 0 spiro atoms. The molecule has 0 radical (unpaired) electrons. The maximum atomic E-state index is 11.9. The van der Waals surface area contributed by atoms with Gasteiger partial charge in [-0.25, -0.2) is 9.48 Å². The van der Waals surface area contributed by atoms with Crippen LogP contribution in [0.4, 0.5) is 0 Å². The molecule has 7 nitrogen and oxygen atoms in total. The highest BCUT2D eigenvalue weighted by molar-refractivity contribution is 5.02. The van der Waals surface area contributed by atoms with E-state index in [-0.39, 0.29) is 12.5 Å². The van der Waals surface area contributed by atoms with Crippen molar-refractivity contribution in [3.63, 3.8) is 0 Å². The number of hydrogen-bond acceptors (Lipinski definition) is 5. The summed E-state index contributed by atoms with van der Waals surface area (Å²) < 4.78 is 7.60. The van der Waals surface area contributed by atoms with E-state index < -0.39 is 16.8 Å². The second kappa shape index (κ2) is 5.78. The summed E-state index contributed by atoms with van der Waals surface area (Å²) in [6.45, 7) is 0.257. The lowest BCUT2D eigenvalue weighted by Gasteiger charge is -2.27. The largest absolute Gasteiger partial charge is 0.471 e. The SMILES string of the molecule is Cn1nc(OCC2(N)CCCCCC2)c(=O)n(C)c1=O. The van der Waals surface area contributed by atoms with Crippen LogP contribution in [-0.2, 0) is 14.1 Å². The predicted molar refractivity (Wildman–Crippen MR) is 74.8 cm³/mol. The van der Waals surface area contributed by atoms with Crippen molar-refractivity contribution in [1.82, 2.24) is 14.3 Å². The summed E-state index contributed by atoms with van der Waals surface area (Å²) in [5.74, 6) is -0.0660. The maximum Gasteiger partial charge on any atom is 0.347 e. The van der Waals surface area contributed by atoms with Gasteiger partial charge in [-0.15, -0.1) is 5.10 Å². The molecule has 1 heterocycles. The molecule has 1 saturated carbocycles. The fourth-order valence-corrected chi connectivity index (χ4v) is 2.55. The molecule has 112 valence electrons. The molecule has 1 aliphatic rings. The van der Waals surface area contributed by atoms with E-state index in [4.69, 9.17) is 10.5 Å². The van der Waals surface area contributed by atoms with Crippen molar-refractivity contribution in [2.45, 2.75) is 44.1 Å². The van der Waals surface area contributed by atoms with Gasteiger partial charge in [0.05, 0.1) is 5.54 Å². The first-order chi connectivity index (χ1) is 9.43. The lowest BCUT2D eigenvalue weighted by atomic mass is 9.93. The number of aromatic nitrogens is 3. The highest BCUT2D eigenvalue weighted by atomic mass is 16.5. The van der Waals surface area contributed by atoms with Crippen LogP contribution < -0.4 is 21.7 Å². The minimum atomic E-state index is -0.523. The van der Waals surface area contributed by atoms with Gasteiger partial charge >= 0.3 is 11.2 Å². The van der Waals surface area contributed by atoms with Crippen molar-refractivity contribution in [2.75, 3.05) is 6.61 Å². The minimum Gasteiger partial charge on any atom is -0.471 e. The van der Waals surface area contributed by atoms with Crippen LogP contribution in [0.2, 0.25) is 0 Å². The predicted octanol–water partition coefficient (Wildman–Crippen LogP) is -0.0905. The van der Waals surface area contributed by atoms with E-state index in [1.54, 1.807) is 0 Å². The van der Waals surface area contributed by atoms with Crippen LogP contribution in [0.25, 0.3) is 0 Å². The summed E-state index contributed by atoms with van der Waals surface area (Å²) in [6, 6.07) is 0. The molecule has 1 fully saturated rings. The Bertz CT molecular complexity index is 582. The Morgan fingerprint density at radius 2 is 1.80 bits per heavy atom. The van der Waals surface area contributed by atoms with Crippen LogP contribution in [0, 0.1) is 0 Å². The van der Waals surface area contributed by atoms with Crippen LogP contribution in [-0.4, -0.2) is 26.5 Å². The Hall–Kier alpha value is -1.63. The molecule has 7 heteroatoms. The first-order valence-corrected chi connectivity index (χ1v) is 6.99. The molecule has 2 N–H and O–H groups in total.